The maximum atomic E-state index is 12.2. The van der Waals surface area contributed by atoms with Crippen LogP contribution in [0.25, 0.3) is 10.6 Å². The maximum Gasteiger partial charge on any atom is 0.322 e. The number of hydrogen-bond acceptors (Lipinski definition) is 4. The molecule has 110 valence electrons. The zero-order chi connectivity index (χ0) is 14.7. The van der Waals surface area contributed by atoms with Gasteiger partial charge in [-0.3, -0.25) is 0 Å². The average Bonchev–Trinajstić information content (AvgIpc) is 3.19. The Bertz CT molecular complexity index is 598. The van der Waals surface area contributed by atoms with Gasteiger partial charge in [0.05, 0.1) is 12.6 Å². The normalized spacial score (nSPS) is 18.0. The summed E-state index contributed by atoms with van der Waals surface area (Å²) in [6.07, 6.45) is 3.59. The minimum absolute atomic E-state index is 0.0242. The topological polar surface area (TPSA) is 65.5 Å². The third kappa shape index (κ3) is 3.06. The van der Waals surface area contributed by atoms with Crippen LogP contribution >= 0.6 is 11.3 Å². The van der Waals surface area contributed by atoms with Crippen molar-refractivity contribution < 1.29 is 9.90 Å². The summed E-state index contributed by atoms with van der Waals surface area (Å²) < 4.78 is 0. The van der Waals surface area contributed by atoms with Crippen LogP contribution in [0.1, 0.15) is 12.8 Å². The van der Waals surface area contributed by atoms with Crippen LogP contribution in [0, 0.1) is 0 Å². The van der Waals surface area contributed by atoms with Gasteiger partial charge in [0.15, 0.2) is 0 Å². The molecule has 6 heteroatoms. The van der Waals surface area contributed by atoms with Crippen molar-refractivity contribution in [1.82, 2.24) is 9.88 Å². The van der Waals surface area contributed by atoms with Gasteiger partial charge < -0.3 is 15.3 Å². The van der Waals surface area contributed by atoms with E-state index in [0.29, 0.717) is 6.54 Å². The van der Waals surface area contributed by atoms with Gasteiger partial charge >= 0.3 is 6.03 Å². The first kappa shape index (κ1) is 14.0. The van der Waals surface area contributed by atoms with Gasteiger partial charge in [0.25, 0.3) is 0 Å². The third-order valence-corrected chi connectivity index (χ3v) is 4.49. The number of carbonyl (C=O) groups excluding carboxylic acids is 1. The fourth-order valence-corrected chi connectivity index (χ4v) is 3.19. The standard InChI is InChI=1S/C15H17N3O2S/c19-10-13-2-1-8-18(13)15(20)17-12-5-3-11(4-6-12)14-16-7-9-21-14/h3-7,9,13,19H,1-2,8,10H2,(H,17,20)/t13-/m0/s1. The smallest absolute Gasteiger partial charge is 0.322 e. The number of aromatic nitrogens is 1. The summed E-state index contributed by atoms with van der Waals surface area (Å²) in [7, 11) is 0. The average molecular weight is 303 g/mol. The van der Waals surface area contributed by atoms with E-state index in [1.165, 1.54) is 0 Å². The lowest BCUT2D eigenvalue weighted by molar-refractivity contribution is 0.166. The van der Waals surface area contributed by atoms with Crippen LogP contribution in [0.2, 0.25) is 0 Å². The predicted octanol–water partition coefficient (Wildman–Crippen LogP) is 2.80. The number of amides is 2. The van der Waals surface area contributed by atoms with Gasteiger partial charge in [-0.05, 0) is 37.1 Å². The van der Waals surface area contributed by atoms with E-state index in [0.717, 1.165) is 29.1 Å². The Balaban J connectivity index is 1.66. The van der Waals surface area contributed by atoms with Gasteiger partial charge in [-0.25, -0.2) is 9.78 Å². The SMILES string of the molecule is O=C(Nc1ccc(-c2nccs2)cc1)N1CCC[C@H]1CO. The Labute approximate surface area is 127 Å². The molecular weight excluding hydrogens is 286 g/mol. The van der Waals surface area contributed by atoms with Gasteiger partial charge in [-0.2, -0.15) is 0 Å². The van der Waals surface area contributed by atoms with Crippen molar-refractivity contribution in [2.45, 2.75) is 18.9 Å². The number of aliphatic hydroxyl groups excluding tert-OH is 1. The highest BCUT2D eigenvalue weighted by Crippen LogP contribution is 2.24. The van der Waals surface area contributed by atoms with Crippen molar-refractivity contribution >= 4 is 23.1 Å². The number of nitrogens with one attached hydrogen (secondary N) is 1. The molecule has 0 aliphatic carbocycles. The molecule has 2 amide bonds. The number of carbonyl (C=O) groups is 1. The highest BCUT2D eigenvalue weighted by molar-refractivity contribution is 7.13. The summed E-state index contributed by atoms with van der Waals surface area (Å²) >= 11 is 1.58. The Kier molecular flexibility index (Phi) is 4.17. The number of aliphatic hydroxyl groups is 1. The zero-order valence-electron chi connectivity index (χ0n) is 11.5. The molecule has 0 radical (unpaired) electrons. The van der Waals surface area contributed by atoms with Crippen molar-refractivity contribution in [2.75, 3.05) is 18.5 Å². The van der Waals surface area contributed by atoms with Gasteiger partial charge in [-0.1, -0.05) is 0 Å². The minimum atomic E-state index is -0.145. The fraction of sp³-hybridized carbons (Fsp3) is 0.333. The predicted molar refractivity (Wildman–Crippen MR) is 83.4 cm³/mol. The third-order valence-electron chi connectivity index (χ3n) is 3.66. The first-order chi connectivity index (χ1) is 10.3. The van der Waals surface area contributed by atoms with E-state index in [1.54, 1.807) is 22.4 Å². The van der Waals surface area contributed by atoms with E-state index >= 15 is 0 Å². The maximum absolute atomic E-state index is 12.2. The van der Waals surface area contributed by atoms with Gasteiger partial charge in [-0.15, -0.1) is 11.3 Å². The van der Waals surface area contributed by atoms with E-state index in [9.17, 15) is 9.90 Å². The largest absolute Gasteiger partial charge is 0.394 e. The number of anilines is 1. The molecule has 2 N–H and O–H groups in total. The Morgan fingerprint density at radius 2 is 2.24 bits per heavy atom. The molecule has 1 aromatic carbocycles. The number of rotatable bonds is 3. The second-order valence-electron chi connectivity index (χ2n) is 5.02. The highest BCUT2D eigenvalue weighted by Gasteiger charge is 2.27. The Morgan fingerprint density at radius 3 is 2.90 bits per heavy atom. The number of hydrogen-bond donors (Lipinski definition) is 2. The molecule has 5 nitrogen and oxygen atoms in total. The quantitative estimate of drug-likeness (QED) is 0.916. The van der Waals surface area contributed by atoms with E-state index in [1.807, 2.05) is 29.6 Å². The van der Waals surface area contributed by atoms with Crippen LogP contribution in [0.3, 0.4) is 0 Å². The molecule has 1 saturated heterocycles. The fourth-order valence-electron chi connectivity index (χ4n) is 2.55. The zero-order valence-corrected chi connectivity index (χ0v) is 12.3. The number of likely N-dealkylation sites (tertiary alicyclic amines) is 1. The molecule has 1 aliphatic heterocycles. The monoisotopic (exact) mass is 303 g/mol. The molecule has 0 bridgehead atoms. The van der Waals surface area contributed by atoms with E-state index < -0.39 is 0 Å². The molecule has 1 atom stereocenters. The van der Waals surface area contributed by atoms with Crippen molar-refractivity contribution in [3.05, 3.63) is 35.8 Å². The molecule has 1 aliphatic rings. The highest BCUT2D eigenvalue weighted by atomic mass is 32.1. The first-order valence-corrected chi connectivity index (χ1v) is 7.84. The number of thiazole rings is 1. The lowest BCUT2D eigenvalue weighted by Gasteiger charge is -2.23. The summed E-state index contributed by atoms with van der Waals surface area (Å²) in [6.45, 7) is 0.727. The van der Waals surface area contributed by atoms with Crippen LogP contribution in [0.4, 0.5) is 10.5 Å². The molecule has 2 aromatic rings. The molecule has 0 saturated carbocycles. The van der Waals surface area contributed by atoms with Crippen molar-refractivity contribution in [3.8, 4) is 10.6 Å². The van der Waals surface area contributed by atoms with Crippen molar-refractivity contribution in [3.63, 3.8) is 0 Å². The molecule has 0 spiro atoms. The molecule has 2 heterocycles. The molecule has 0 unspecified atom stereocenters. The summed E-state index contributed by atoms with van der Waals surface area (Å²) in [4.78, 5) is 18.2. The van der Waals surface area contributed by atoms with Crippen LogP contribution in [0.5, 0.6) is 0 Å². The minimum Gasteiger partial charge on any atom is -0.394 e. The Morgan fingerprint density at radius 1 is 1.43 bits per heavy atom. The molecule has 21 heavy (non-hydrogen) atoms. The summed E-state index contributed by atoms with van der Waals surface area (Å²) in [5.74, 6) is 0. The van der Waals surface area contributed by atoms with Gasteiger partial charge in [0.2, 0.25) is 0 Å². The van der Waals surface area contributed by atoms with Gasteiger partial charge in [0.1, 0.15) is 5.01 Å². The van der Waals surface area contributed by atoms with Gasteiger partial charge in [0, 0.05) is 29.4 Å². The first-order valence-electron chi connectivity index (χ1n) is 6.96. The Hall–Kier alpha value is -1.92. The second kappa shape index (κ2) is 6.24. The summed E-state index contributed by atoms with van der Waals surface area (Å²) in [5.41, 5.74) is 1.79. The van der Waals surface area contributed by atoms with Crippen molar-refractivity contribution in [2.24, 2.45) is 0 Å². The van der Waals surface area contributed by atoms with Crippen LogP contribution in [0.15, 0.2) is 35.8 Å². The summed E-state index contributed by atoms with van der Waals surface area (Å²) in [6, 6.07) is 7.44. The van der Waals surface area contributed by atoms with Crippen molar-refractivity contribution in [1.29, 1.82) is 0 Å². The van der Waals surface area contributed by atoms with E-state index in [2.05, 4.69) is 10.3 Å². The number of urea groups is 1. The lowest BCUT2D eigenvalue weighted by Crippen LogP contribution is -2.40. The lowest BCUT2D eigenvalue weighted by atomic mass is 10.2. The number of nitrogens with zero attached hydrogens (tertiary/aromatic N) is 2. The van der Waals surface area contributed by atoms with Crippen LogP contribution in [-0.4, -0.2) is 40.2 Å². The summed E-state index contributed by atoms with van der Waals surface area (Å²) in [5, 5.41) is 15.0. The molecule has 1 fully saturated rings. The molecular formula is C15H17N3O2S. The second-order valence-corrected chi connectivity index (χ2v) is 5.91. The molecule has 1 aromatic heterocycles. The van der Waals surface area contributed by atoms with Crippen LogP contribution < -0.4 is 5.32 Å². The molecule has 3 rings (SSSR count). The van der Waals surface area contributed by atoms with E-state index in [4.69, 9.17) is 0 Å². The van der Waals surface area contributed by atoms with Crippen LogP contribution in [-0.2, 0) is 0 Å². The van der Waals surface area contributed by atoms with E-state index in [-0.39, 0.29) is 18.7 Å². The number of benzene rings is 1.